The maximum absolute atomic E-state index is 11.4. The summed E-state index contributed by atoms with van der Waals surface area (Å²) in [7, 11) is 0. The first-order chi connectivity index (χ1) is 9.47. The maximum atomic E-state index is 11.4. The van der Waals surface area contributed by atoms with Crippen molar-refractivity contribution in [1.82, 2.24) is 0 Å². The van der Waals surface area contributed by atoms with E-state index in [9.17, 15) is 4.79 Å². The molecule has 1 nitrogen and oxygen atoms in total. The molecule has 0 aromatic heterocycles. The highest BCUT2D eigenvalue weighted by atomic mass is 16.1. The smallest absolute Gasteiger partial charge is 0.185 e. The van der Waals surface area contributed by atoms with Gasteiger partial charge >= 0.3 is 0 Å². The molecule has 1 rings (SSSR count). The maximum Gasteiger partial charge on any atom is 0.185 e. The first kappa shape index (κ1) is 23.7. The molecule has 0 radical (unpaired) electrons. The van der Waals surface area contributed by atoms with E-state index < -0.39 is 0 Å². The van der Waals surface area contributed by atoms with E-state index in [1.165, 1.54) is 18.1 Å². The van der Waals surface area contributed by atoms with E-state index >= 15 is 0 Å². The normalized spacial score (nSPS) is 7.85. The molecule has 0 atom stereocenters. The summed E-state index contributed by atoms with van der Waals surface area (Å²) in [6.07, 6.45) is 2.61. The van der Waals surface area contributed by atoms with Crippen LogP contribution in [0.15, 0.2) is 24.8 Å². The third-order valence-corrected chi connectivity index (χ3v) is 2.29. The zero-order chi connectivity index (χ0) is 16.7. The van der Waals surface area contributed by atoms with E-state index in [0.29, 0.717) is 0 Å². The molecule has 0 N–H and O–H groups in total. The molecule has 0 spiro atoms. The van der Waals surface area contributed by atoms with E-state index in [2.05, 4.69) is 20.4 Å². The molecule has 0 aliphatic rings. The SMILES string of the molecule is C=CC(=O)c1cc(C)c(C)cc1C.CC.CC.CCC. The average molecular weight is 278 g/mol. The molecule has 1 aromatic rings. The van der Waals surface area contributed by atoms with Crippen molar-refractivity contribution in [1.29, 1.82) is 0 Å². The minimum absolute atomic E-state index is 0.000556. The number of benzene rings is 1. The second-order valence-corrected chi connectivity index (χ2v) is 4.03. The fourth-order valence-electron chi connectivity index (χ4n) is 1.34. The molecule has 0 unspecified atom stereocenters. The number of ketones is 1. The fourth-order valence-corrected chi connectivity index (χ4v) is 1.34. The average Bonchev–Trinajstić information content (AvgIpc) is 2.47. The Labute approximate surface area is 127 Å². The number of carbonyl (C=O) groups is 1. The molecule has 116 valence electrons. The largest absolute Gasteiger partial charge is 0.289 e. The van der Waals surface area contributed by atoms with Gasteiger partial charge in [0.1, 0.15) is 0 Å². The Bertz CT molecular complexity index is 376. The highest BCUT2D eigenvalue weighted by molar-refractivity contribution is 6.05. The summed E-state index contributed by atoms with van der Waals surface area (Å²) in [4.78, 5) is 11.4. The van der Waals surface area contributed by atoms with Crippen molar-refractivity contribution in [2.24, 2.45) is 0 Å². The van der Waals surface area contributed by atoms with E-state index in [-0.39, 0.29) is 5.78 Å². The molecule has 20 heavy (non-hydrogen) atoms. The molecular formula is C19H34O. The number of hydrogen-bond donors (Lipinski definition) is 0. The summed E-state index contributed by atoms with van der Waals surface area (Å²) in [6, 6.07) is 3.96. The zero-order valence-electron chi connectivity index (χ0n) is 15.1. The summed E-state index contributed by atoms with van der Waals surface area (Å²) in [5.74, 6) is 0.000556. The molecule has 1 aromatic carbocycles. The Morgan fingerprint density at radius 2 is 1.30 bits per heavy atom. The minimum atomic E-state index is 0.000556. The monoisotopic (exact) mass is 278 g/mol. The van der Waals surface area contributed by atoms with Crippen LogP contribution in [0, 0.1) is 20.8 Å². The lowest BCUT2D eigenvalue weighted by Crippen LogP contribution is -1.99. The lowest BCUT2D eigenvalue weighted by molar-refractivity contribution is 0.104. The van der Waals surface area contributed by atoms with Crippen LogP contribution in [0.3, 0.4) is 0 Å². The van der Waals surface area contributed by atoms with Gasteiger partial charge in [-0.1, -0.05) is 60.6 Å². The van der Waals surface area contributed by atoms with Crippen LogP contribution in [0.5, 0.6) is 0 Å². The van der Waals surface area contributed by atoms with Crippen molar-refractivity contribution >= 4 is 5.78 Å². The third-order valence-electron chi connectivity index (χ3n) is 2.29. The second-order valence-electron chi connectivity index (χ2n) is 4.03. The second kappa shape index (κ2) is 15.7. The third kappa shape index (κ3) is 9.55. The predicted octanol–water partition coefficient (Wildman–Crippen LogP) is 6.45. The molecule has 0 saturated heterocycles. The van der Waals surface area contributed by atoms with Crippen LogP contribution in [0.1, 0.15) is 75.0 Å². The quantitative estimate of drug-likeness (QED) is 0.449. The highest BCUT2D eigenvalue weighted by Gasteiger charge is 2.06. The van der Waals surface area contributed by atoms with Crippen LogP contribution in [-0.2, 0) is 0 Å². The zero-order valence-corrected chi connectivity index (χ0v) is 15.1. The van der Waals surface area contributed by atoms with Crippen LogP contribution < -0.4 is 0 Å². The Balaban J connectivity index is -0.000000355. The fraction of sp³-hybridized carbons (Fsp3) is 0.526. The molecule has 1 heteroatoms. The summed E-state index contributed by atoms with van der Waals surface area (Å²) >= 11 is 0. The number of aryl methyl sites for hydroxylation is 3. The molecule has 0 aliphatic heterocycles. The Kier molecular flexibility index (Phi) is 18.6. The lowest BCUT2D eigenvalue weighted by atomic mass is 9.98. The lowest BCUT2D eigenvalue weighted by Gasteiger charge is -2.06. The van der Waals surface area contributed by atoms with Gasteiger partial charge in [-0.25, -0.2) is 0 Å². The van der Waals surface area contributed by atoms with Gasteiger partial charge in [0.05, 0.1) is 0 Å². The number of carbonyl (C=O) groups excluding carboxylic acids is 1. The minimum Gasteiger partial charge on any atom is -0.289 e. The van der Waals surface area contributed by atoms with Crippen LogP contribution in [-0.4, -0.2) is 5.78 Å². The van der Waals surface area contributed by atoms with Crippen LogP contribution >= 0.6 is 0 Å². The van der Waals surface area contributed by atoms with Gasteiger partial charge in [-0.15, -0.1) is 0 Å². The topological polar surface area (TPSA) is 17.1 Å². The van der Waals surface area contributed by atoms with E-state index in [0.717, 1.165) is 16.7 Å². The summed E-state index contributed by atoms with van der Waals surface area (Å²) < 4.78 is 0. The molecule has 0 heterocycles. The van der Waals surface area contributed by atoms with Gasteiger partial charge in [-0.3, -0.25) is 4.79 Å². The summed E-state index contributed by atoms with van der Waals surface area (Å²) in [6.45, 7) is 21.7. The molecule has 0 aliphatic carbocycles. The first-order valence-corrected chi connectivity index (χ1v) is 7.72. The Morgan fingerprint density at radius 1 is 0.950 bits per heavy atom. The van der Waals surface area contributed by atoms with Gasteiger partial charge in [-0.2, -0.15) is 0 Å². The van der Waals surface area contributed by atoms with Crippen molar-refractivity contribution < 1.29 is 4.79 Å². The van der Waals surface area contributed by atoms with Gasteiger partial charge in [0, 0.05) is 5.56 Å². The van der Waals surface area contributed by atoms with Crippen molar-refractivity contribution in [2.45, 2.75) is 68.7 Å². The van der Waals surface area contributed by atoms with Crippen LogP contribution in [0.4, 0.5) is 0 Å². The highest BCUT2D eigenvalue weighted by Crippen LogP contribution is 2.15. The molecule has 0 bridgehead atoms. The van der Waals surface area contributed by atoms with E-state index in [4.69, 9.17) is 0 Å². The standard InChI is InChI=1S/C12H14O.C3H8.2C2H6/c1-5-12(13)11-7-9(3)8(2)6-10(11)4;1-3-2;2*1-2/h5-7H,1H2,2-4H3;3H2,1-2H3;2*1-2H3. The van der Waals surface area contributed by atoms with Crippen LogP contribution in [0.25, 0.3) is 0 Å². The number of hydrogen-bond acceptors (Lipinski definition) is 1. The summed E-state index contributed by atoms with van der Waals surface area (Å²) in [5, 5.41) is 0. The molecule has 0 saturated carbocycles. The predicted molar refractivity (Wildman–Crippen MR) is 93.8 cm³/mol. The first-order valence-electron chi connectivity index (χ1n) is 7.72. The van der Waals surface area contributed by atoms with Crippen molar-refractivity contribution in [3.63, 3.8) is 0 Å². The molecular weight excluding hydrogens is 244 g/mol. The van der Waals surface area contributed by atoms with Gasteiger partial charge in [0.25, 0.3) is 0 Å². The Morgan fingerprint density at radius 3 is 1.65 bits per heavy atom. The van der Waals surface area contributed by atoms with E-state index in [1.807, 2.05) is 60.6 Å². The molecule has 0 fully saturated rings. The molecule has 0 amide bonds. The van der Waals surface area contributed by atoms with Crippen molar-refractivity contribution in [3.8, 4) is 0 Å². The van der Waals surface area contributed by atoms with Gasteiger partial charge in [-0.05, 0) is 49.6 Å². The van der Waals surface area contributed by atoms with Crippen LogP contribution in [0.2, 0.25) is 0 Å². The Hall–Kier alpha value is -1.37. The number of allylic oxidation sites excluding steroid dienone is 1. The van der Waals surface area contributed by atoms with Crippen molar-refractivity contribution in [2.75, 3.05) is 0 Å². The van der Waals surface area contributed by atoms with Gasteiger partial charge < -0.3 is 0 Å². The van der Waals surface area contributed by atoms with Gasteiger partial charge in [0.2, 0.25) is 0 Å². The van der Waals surface area contributed by atoms with E-state index in [1.54, 1.807) is 0 Å². The van der Waals surface area contributed by atoms with Gasteiger partial charge in [0.15, 0.2) is 5.78 Å². The number of rotatable bonds is 2. The summed E-state index contributed by atoms with van der Waals surface area (Å²) in [5.41, 5.74) is 4.15. The van der Waals surface area contributed by atoms with Crippen molar-refractivity contribution in [3.05, 3.63) is 47.0 Å².